The summed E-state index contributed by atoms with van der Waals surface area (Å²) in [5, 5.41) is 20.4. The van der Waals surface area contributed by atoms with Crippen LogP contribution in [0.5, 0.6) is 0 Å². The zero-order chi connectivity index (χ0) is 25.8. The zero-order valence-corrected chi connectivity index (χ0v) is 21.0. The van der Waals surface area contributed by atoms with Gasteiger partial charge >= 0.3 is 0 Å². The molecule has 0 heterocycles. The van der Waals surface area contributed by atoms with Crippen LogP contribution >= 0.6 is 0 Å². The molecular formula is C28H36N2O4. The molecule has 0 spiro atoms. The van der Waals surface area contributed by atoms with Gasteiger partial charge in [-0.3, -0.25) is 0 Å². The molecule has 3 aromatic carbocycles. The Hall–Kier alpha value is -3.48. The van der Waals surface area contributed by atoms with E-state index in [2.05, 4.69) is 103 Å². The van der Waals surface area contributed by atoms with Gasteiger partial charge in [-0.15, -0.1) is 0 Å². The molecule has 0 amide bonds. The summed E-state index contributed by atoms with van der Waals surface area (Å²) in [5.41, 5.74) is 2.69. The molecule has 0 radical (unpaired) electrons. The van der Waals surface area contributed by atoms with Crippen molar-refractivity contribution in [2.75, 3.05) is 42.3 Å². The first-order valence-corrected chi connectivity index (χ1v) is 11.0. The Labute approximate surface area is 203 Å². The van der Waals surface area contributed by atoms with E-state index in [1.165, 1.54) is 11.1 Å². The highest BCUT2D eigenvalue weighted by molar-refractivity contribution is 5.89. The summed E-state index contributed by atoms with van der Waals surface area (Å²) in [6.07, 6.45) is 0. The molecule has 182 valence electrons. The number of hydrogen-bond donors (Lipinski definition) is 0. The fraction of sp³-hybridized carbons (Fsp3) is 0.286. The van der Waals surface area contributed by atoms with E-state index in [0.717, 1.165) is 46.3 Å². The molecule has 3 aromatic rings. The van der Waals surface area contributed by atoms with E-state index in [9.17, 15) is 19.8 Å². The minimum absolute atomic E-state index is 0.0556. The molecule has 0 atom stereocenters. The number of hydrogen-bond acceptors (Lipinski definition) is 4. The lowest BCUT2D eigenvalue weighted by atomic mass is 10.1. The van der Waals surface area contributed by atoms with E-state index in [1.807, 2.05) is 0 Å². The Kier molecular flexibility index (Phi) is 11.2. The van der Waals surface area contributed by atoms with Gasteiger partial charge in [-0.2, -0.15) is 0 Å². The van der Waals surface area contributed by atoms with Crippen molar-refractivity contribution < 1.29 is 28.8 Å². The van der Waals surface area contributed by atoms with E-state index in [0.29, 0.717) is 0 Å². The first-order chi connectivity index (χ1) is 15.8. The van der Waals surface area contributed by atoms with E-state index < -0.39 is 11.9 Å². The summed E-state index contributed by atoms with van der Waals surface area (Å²) in [6.45, 7) is 2.20. The summed E-state index contributed by atoms with van der Waals surface area (Å²) in [4.78, 5) is 20.4. The van der Waals surface area contributed by atoms with Gasteiger partial charge in [0.1, 0.15) is 13.1 Å². The summed E-state index contributed by atoms with van der Waals surface area (Å²) < 4.78 is 1.98. The van der Waals surface area contributed by atoms with Crippen molar-refractivity contribution >= 4 is 11.9 Å². The lowest BCUT2D eigenvalue weighted by Gasteiger charge is -2.23. The van der Waals surface area contributed by atoms with Crippen molar-refractivity contribution in [3.05, 3.63) is 107 Å². The van der Waals surface area contributed by atoms with Crippen LogP contribution in [-0.4, -0.2) is 63.2 Å². The molecule has 0 aliphatic rings. The van der Waals surface area contributed by atoms with Crippen LogP contribution in [0.4, 0.5) is 0 Å². The van der Waals surface area contributed by atoms with Crippen molar-refractivity contribution in [3.63, 3.8) is 0 Å². The molecule has 3 rings (SSSR count). The number of quaternary nitrogens is 2. The molecule has 0 unspecified atom stereocenters. The minimum atomic E-state index is -1.33. The van der Waals surface area contributed by atoms with E-state index >= 15 is 0 Å². The fourth-order valence-electron chi connectivity index (χ4n) is 3.00. The average molecular weight is 465 g/mol. The van der Waals surface area contributed by atoms with Crippen molar-refractivity contribution in [1.29, 1.82) is 0 Å². The molecule has 0 bridgehead atoms. The van der Waals surface area contributed by atoms with Gasteiger partial charge in [-0.1, -0.05) is 84.9 Å². The Balaban J connectivity index is 0.000000255. The lowest BCUT2D eigenvalue weighted by molar-refractivity contribution is -0.884. The van der Waals surface area contributed by atoms with Crippen molar-refractivity contribution in [2.45, 2.75) is 13.1 Å². The molecule has 0 aliphatic heterocycles. The quantitative estimate of drug-likeness (QED) is 0.524. The van der Waals surface area contributed by atoms with Crippen LogP contribution in [0.25, 0.3) is 0 Å². The summed E-state index contributed by atoms with van der Waals surface area (Å²) in [7, 11) is 13.2. The van der Waals surface area contributed by atoms with Crippen LogP contribution in [0.2, 0.25) is 0 Å². The predicted molar refractivity (Wildman–Crippen MR) is 131 cm³/mol. The third-order valence-electron chi connectivity index (χ3n) is 4.36. The Morgan fingerprint density at radius 2 is 0.794 bits per heavy atom. The zero-order valence-electron chi connectivity index (χ0n) is 21.0. The minimum Gasteiger partial charge on any atom is -0.545 e. The smallest absolute Gasteiger partial charge is 0.104 e. The highest BCUT2D eigenvalue weighted by Gasteiger charge is 2.07. The highest BCUT2D eigenvalue weighted by Crippen LogP contribution is 2.06. The van der Waals surface area contributed by atoms with Gasteiger partial charge in [0.2, 0.25) is 0 Å². The first-order valence-electron chi connectivity index (χ1n) is 11.0. The number of benzene rings is 3. The number of carboxylic acids is 2. The number of aromatic carboxylic acids is 2. The molecule has 0 aromatic heterocycles. The monoisotopic (exact) mass is 464 g/mol. The second kappa shape index (κ2) is 13.3. The molecule has 0 saturated carbocycles. The van der Waals surface area contributed by atoms with Gasteiger partial charge < -0.3 is 28.8 Å². The topological polar surface area (TPSA) is 80.3 Å². The van der Waals surface area contributed by atoms with E-state index in [1.54, 1.807) is 0 Å². The Morgan fingerprint density at radius 3 is 1.00 bits per heavy atom. The third kappa shape index (κ3) is 13.2. The summed E-state index contributed by atoms with van der Waals surface area (Å²) in [6, 6.07) is 25.8. The predicted octanol–water partition coefficient (Wildman–Crippen LogP) is 2.20. The van der Waals surface area contributed by atoms with Crippen LogP contribution in [-0.2, 0) is 13.1 Å². The third-order valence-corrected chi connectivity index (χ3v) is 4.36. The molecule has 0 N–H and O–H groups in total. The summed E-state index contributed by atoms with van der Waals surface area (Å²) in [5.74, 6) is -2.67. The largest absolute Gasteiger partial charge is 0.545 e. The highest BCUT2D eigenvalue weighted by atomic mass is 16.4. The van der Waals surface area contributed by atoms with E-state index in [-0.39, 0.29) is 11.1 Å². The standard InChI is InChI=1S/2C10H16N.C8H6O4/c2*1-11(2,3)9-10-7-5-4-6-8-10;9-7(10)5-1-2-6(4-3-5)8(11)12/h2*4-8H,9H2,1-3H3;1-4H,(H,9,10)(H,11,12)/q2*+1;/p-2. The van der Waals surface area contributed by atoms with Gasteiger partial charge in [0.25, 0.3) is 0 Å². The van der Waals surface area contributed by atoms with Crippen LogP contribution in [0.3, 0.4) is 0 Å². The maximum absolute atomic E-state index is 10.2. The maximum Gasteiger partial charge on any atom is 0.104 e. The van der Waals surface area contributed by atoms with Gasteiger partial charge in [-0.25, -0.2) is 0 Å². The van der Waals surface area contributed by atoms with E-state index in [4.69, 9.17) is 0 Å². The molecular weight excluding hydrogens is 428 g/mol. The maximum atomic E-state index is 10.2. The lowest BCUT2D eigenvalue weighted by Crippen LogP contribution is -2.33. The second-order valence-corrected chi connectivity index (χ2v) is 10.0. The molecule has 6 nitrogen and oxygen atoms in total. The number of carboxylic acid groups (broad SMARTS) is 2. The number of carbonyl (C=O) groups excluding carboxylic acids is 2. The van der Waals surface area contributed by atoms with Gasteiger partial charge in [0.05, 0.1) is 54.2 Å². The number of rotatable bonds is 6. The van der Waals surface area contributed by atoms with Crippen molar-refractivity contribution in [3.8, 4) is 0 Å². The van der Waals surface area contributed by atoms with Crippen molar-refractivity contribution in [1.82, 2.24) is 0 Å². The normalized spacial score (nSPS) is 10.8. The second-order valence-electron chi connectivity index (χ2n) is 10.0. The van der Waals surface area contributed by atoms with Gasteiger partial charge in [-0.05, 0) is 11.1 Å². The van der Waals surface area contributed by atoms with Gasteiger partial charge in [0, 0.05) is 11.1 Å². The van der Waals surface area contributed by atoms with Crippen LogP contribution in [0, 0.1) is 0 Å². The first kappa shape index (κ1) is 28.6. The molecule has 34 heavy (non-hydrogen) atoms. The molecule has 0 fully saturated rings. The van der Waals surface area contributed by atoms with Crippen LogP contribution < -0.4 is 10.2 Å². The number of nitrogens with zero attached hydrogens (tertiary/aromatic N) is 2. The summed E-state index contributed by atoms with van der Waals surface area (Å²) >= 11 is 0. The average Bonchev–Trinajstić information content (AvgIpc) is 2.74. The number of carbonyl (C=O) groups is 2. The molecule has 0 aliphatic carbocycles. The SMILES string of the molecule is C[N+](C)(C)Cc1ccccc1.C[N+](C)(C)Cc1ccccc1.O=C([O-])c1ccc(C(=O)[O-])cc1. The van der Waals surface area contributed by atoms with Crippen LogP contribution in [0.15, 0.2) is 84.9 Å². The van der Waals surface area contributed by atoms with Crippen LogP contribution in [0.1, 0.15) is 31.8 Å². The van der Waals surface area contributed by atoms with Gasteiger partial charge in [0.15, 0.2) is 0 Å². The fourth-order valence-corrected chi connectivity index (χ4v) is 3.00. The molecule has 0 saturated heterocycles. The Morgan fingerprint density at radius 1 is 0.529 bits per heavy atom. The molecule has 6 heteroatoms. The van der Waals surface area contributed by atoms with Crippen molar-refractivity contribution in [2.24, 2.45) is 0 Å². The Bertz CT molecular complexity index is 920.